The van der Waals surface area contributed by atoms with Crippen LogP contribution in [0.15, 0.2) is 68.5 Å². The van der Waals surface area contributed by atoms with E-state index in [0.29, 0.717) is 5.76 Å². The highest BCUT2D eigenvalue weighted by Crippen LogP contribution is 2.30. The number of hydrogen-bond acceptors (Lipinski definition) is 2. The van der Waals surface area contributed by atoms with Crippen molar-refractivity contribution in [2.45, 2.75) is 6.92 Å². The summed E-state index contributed by atoms with van der Waals surface area (Å²) in [4.78, 5) is 4.11. The molecule has 1 heterocycles. The minimum atomic E-state index is -0.355. The van der Waals surface area contributed by atoms with Gasteiger partial charge in [0.15, 0.2) is 0 Å². The Hall–Kier alpha value is -2.20. The molecule has 0 saturated heterocycles. The zero-order valence-electron chi connectivity index (χ0n) is 11.9. The summed E-state index contributed by atoms with van der Waals surface area (Å²) in [6.45, 7) is 2.03. The molecule has 0 aliphatic carbocycles. The van der Waals surface area contributed by atoms with Crippen LogP contribution in [0.2, 0.25) is 0 Å². The Labute approximate surface area is 136 Å². The van der Waals surface area contributed by atoms with Gasteiger partial charge in [-0.05, 0) is 48.9 Å². The van der Waals surface area contributed by atoms with E-state index >= 15 is 0 Å². The Morgan fingerprint density at radius 3 is 2.68 bits per heavy atom. The number of aliphatic imine (C=N–C) groups is 1. The fourth-order valence-electron chi connectivity index (χ4n) is 2.08. The van der Waals surface area contributed by atoms with Crippen LogP contribution in [0.5, 0.6) is 0 Å². The summed E-state index contributed by atoms with van der Waals surface area (Å²) in [5.74, 6) is 0.958. The molecule has 0 atom stereocenters. The van der Waals surface area contributed by atoms with Crippen LogP contribution >= 0.6 is 15.9 Å². The number of para-hydroxylation sites is 1. The third-order valence-corrected chi connectivity index (χ3v) is 3.86. The Morgan fingerprint density at radius 2 is 1.91 bits per heavy atom. The van der Waals surface area contributed by atoms with Gasteiger partial charge in [0.05, 0.1) is 11.9 Å². The van der Waals surface area contributed by atoms with Crippen LogP contribution in [0.25, 0.3) is 11.3 Å². The van der Waals surface area contributed by atoms with E-state index in [1.165, 1.54) is 17.8 Å². The summed E-state index contributed by atoms with van der Waals surface area (Å²) in [6, 6.07) is 16.1. The molecule has 4 heteroatoms. The predicted octanol–water partition coefficient (Wildman–Crippen LogP) is 5.91. The fraction of sp³-hybridized carbons (Fsp3) is 0.0556. The third-order valence-electron chi connectivity index (χ3n) is 3.20. The molecule has 2 nitrogen and oxygen atoms in total. The molecule has 0 bridgehead atoms. The Balaban J connectivity index is 1.86. The van der Waals surface area contributed by atoms with Gasteiger partial charge in [-0.25, -0.2) is 9.38 Å². The molecule has 2 aromatic carbocycles. The van der Waals surface area contributed by atoms with E-state index in [-0.39, 0.29) is 11.5 Å². The minimum Gasteiger partial charge on any atom is -0.455 e. The second-order valence-electron chi connectivity index (χ2n) is 4.89. The number of nitrogens with zero attached hydrogens (tertiary/aromatic N) is 1. The van der Waals surface area contributed by atoms with Crippen LogP contribution in [0.3, 0.4) is 0 Å². The van der Waals surface area contributed by atoms with Crippen molar-refractivity contribution in [1.29, 1.82) is 0 Å². The highest BCUT2D eigenvalue weighted by atomic mass is 79.9. The number of furan rings is 1. The van der Waals surface area contributed by atoms with E-state index in [0.717, 1.165) is 15.8 Å². The van der Waals surface area contributed by atoms with E-state index in [4.69, 9.17) is 4.42 Å². The van der Waals surface area contributed by atoms with Crippen LogP contribution in [0.4, 0.5) is 10.1 Å². The van der Waals surface area contributed by atoms with Crippen molar-refractivity contribution in [2.24, 2.45) is 4.99 Å². The predicted molar refractivity (Wildman–Crippen MR) is 90.2 cm³/mol. The molecule has 110 valence electrons. The molecule has 0 unspecified atom stereocenters. The molecular formula is C18H13BrFNO. The lowest BCUT2D eigenvalue weighted by atomic mass is 10.1. The van der Waals surface area contributed by atoms with Gasteiger partial charge >= 0.3 is 0 Å². The zero-order valence-corrected chi connectivity index (χ0v) is 13.5. The second-order valence-corrected chi connectivity index (χ2v) is 5.75. The van der Waals surface area contributed by atoms with Gasteiger partial charge in [-0.1, -0.05) is 34.1 Å². The first-order chi connectivity index (χ1) is 10.6. The van der Waals surface area contributed by atoms with Crippen LogP contribution in [-0.2, 0) is 0 Å². The second kappa shape index (κ2) is 6.28. The maximum atomic E-state index is 13.5. The summed E-state index contributed by atoms with van der Waals surface area (Å²) in [5.41, 5.74) is 2.43. The number of benzene rings is 2. The lowest BCUT2D eigenvalue weighted by Gasteiger charge is -2.02. The van der Waals surface area contributed by atoms with E-state index in [1.54, 1.807) is 18.2 Å². The average molecular weight is 358 g/mol. The van der Waals surface area contributed by atoms with Crippen LogP contribution in [0, 0.1) is 12.7 Å². The molecule has 0 amide bonds. The molecule has 3 rings (SSSR count). The quantitative estimate of drug-likeness (QED) is 0.535. The van der Waals surface area contributed by atoms with Crippen molar-refractivity contribution >= 4 is 27.8 Å². The Bertz CT molecular complexity index is 839. The van der Waals surface area contributed by atoms with Crippen molar-refractivity contribution in [1.82, 2.24) is 0 Å². The van der Waals surface area contributed by atoms with E-state index in [1.807, 2.05) is 37.3 Å². The summed E-state index contributed by atoms with van der Waals surface area (Å²) < 4.78 is 20.2. The first-order valence-electron chi connectivity index (χ1n) is 6.78. The SMILES string of the molecule is Cc1ccc(-c2ccc(C=Nc3ccccc3F)o2)c(Br)c1. The van der Waals surface area contributed by atoms with Crippen molar-refractivity contribution < 1.29 is 8.81 Å². The average Bonchev–Trinajstić information content (AvgIpc) is 2.95. The number of rotatable bonds is 3. The van der Waals surface area contributed by atoms with Gasteiger partial charge in [0.25, 0.3) is 0 Å². The largest absolute Gasteiger partial charge is 0.455 e. The molecule has 0 aliphatic heterocycles. The third kappa shape index (κ3) is 3.17. The van der Waals surface area contributed by atoms with Crippen LogP contribution in [-0.4, -0.2) is 6.21 Å². The Kier molecular flexibility index (Phi) is 4.20. The van der Waals surface area contributed by atoms with Gasteiger partial charge in [0, 0.05) is 10.0 Å². The van der Waals surface area contributed by atoms with Gasteiger partial charge < -0.3 is 4.42 Å². The highest BCUT2D eigenvalue weighted by molar-refractivity contribution is 9.10. The monoisotopic (exact) mass is 357 g/mol. The van der Waals surface area contributed by atoms with Gasteiger partial charge in [-0.3, -0.25) is 0 Å². The van der Waals surface area contributed by atoms with Gasteiger partial charge in [-0.15, -0.1) is 0 Å². The summed E-state index contributed by atoms with van der Waals surface area (Å²) in [6.07, 6.45) is 1.52. The van der Waals surface area contributed by atoms with E-state index in [9.17, 15) is 4.39 Å². The topological polar surface area (TPSA) is 25.5 Å². The smallest absolute Gasteiger partial charge is 0.148 e. The number of aryl methyl sites for hydroxylation is 1. The first kappa shape index (κ1) is 14.7. The maximum Gasteiger partial charge on any atom is 0.148 e. The van der Waals surface area contributed by atoms with Gasteiger partial charge in [0.1, 0.15) is 17.3 Å². The van der Waals surface area contributed by atoms with Crippen LogP contribution in [0.1, 0.15) is 11.3 Å². The van der Waals surface area contributed by atoms with Gasteiger partial charge in [-0.2, -0.15) is 0 Å². The molecule has 0 aliphatic rings. The van der Waals surface area contributed by atoms with Crippen LogP contribution < -0.4 is 0 Å². The summed E-state index contributed by atoms with van der Waals surface area (Å²) >= 11 is 3.54. The van der Waals surface area contributed by atoms with E-state index < -0.39 is 0 Å². The van der Waals surface area contributed by atoms with Crippen molar-refractivity contribution in [2.75, 3.05) is 0 Å². The molecule has 0 spiro atoms. The molecule has 0 saturated carbocycles. The summed E-state index contributed by atoms with van der Waals surface area (Å²) in [7, 11) is 0. The highest BCUT2D eigenvalue weighted by Gasteiger charge is 2.08. The molecule has 0 fully saturated rings. The number of halogens is 2. The Morgan fingerprint density at radius 1 is 1.09 bits per heavy atom. The molecule has 1 aromatic heterocycles. The molecule has 22 heavy (non-hydrogen) atoms. The molecule has 3 aromatic rings. The van der Waals surface area contributed by atoms with E-state index in [2.05, 4.69) is 20.9 Å². The van der Waals surface area contributed by atoms with Gasteiger partial charge in [0.2, 0.25) is 0 Å². The zero-order chi connectivity index (χ0) is 15.5. The standard InChI is InChI=1S/C18H13BrFNO/c1-12-6-8-14(15(19)10-12)18-9-7-13(22-18)11-21-17-5-3-2-4-16(17)20/h2-11H,1H3. The lowest BCUT2D eigenvalue weighted by Crippen LogP contribution is -1.80. The normalized spacial score (nSPS) is 11.2. The lowest BCUT2D eigenvalue weighted by molar-refractivity contribution is 0.574. The van der Waals surface area contributed by atoms with Crippen molar-refractivity contribution in [3.63, 3.8) is 0 Å². The van der Waals surface area contributed by atoms with Crippen molar-refractivity contribution in [3.05, 3.63) is 76.2 Å². The molecular weight excluding hydrogens is 345 g/mol. The minimum absolute atomic E-state index is 0.289. The summed E-state index contributed by atoms with van der Waals surface area (Å²) in [5, 5.41) is 0. The molecule has 0 N–H and O–H groups in total. The fourth-order valence-corrected chi connectivity index (χ4v) is 2.77. The molecule has 0 radical (unpaired) electrons. The first-order valence-corrected chi connectivity index (χ1v) is 7.58. The maximum absolute atomic E-state index is 13.5. The van der Waals surface area contributed by atoms with Crippen molar-refractivity contribution in [3.8, 4) is 11.3 Å². The number of hydrogen-bond donors (Lipinski definition) is 0.